The van der Waals surface area contributed by atoms with Crippen molar-refractivity contribution >= 4 is 0 Å². The molecule has 0 saturated carbocycles. The van der Waals surface area contributed by atoms with E-state index in [9.17, 15) is 0 Å². The standard InChI is InChI=1S/C28H24/c1-2-5-21(6-3-1)17-22-9-11-23(12-10-22)18-24-7-4-8-26(19-24)28-16-14-25-13-15-27(25)20-28/h1-12,14,16,19-20H,13,15,17-18H2. The third-order valence-electron chi connectivity index (χ3n) is 5.81. The van der Waals surface area contributed by atoms with Gasteiger partial charge in [0.05, 0.1) is 0 Å². The minimum Gasteiger partial charge on any atom is -0.0622 e. The highest BCUT2D eigenvalue weighted by Gasteiger charge is 2.13. The summed E-state index contributed by atoms with van der Waals surface area (Å²) < 4.78 is 0. The molecule has 0 bridgehead atoms. The molecule has 0 atom stereocenters. The normalized spacial score (nSPS) is 12.3. The zero-order valence-corrected chi connectivity index (χ0v) is 16.1. The second-order valence-corrected chi connectivity index (χ2v) is 7.84. The molecule has 4 aromatic carbocycles. The number of fused-ring (bicyclic) bond motifs is 1. The first kappa shape index (κ1) is 17.0. The third-order valence-corrected chi connectivity index (χ3v) is 5.81. The van der Waals surface area contributed by atoms with E-state index in [4.69, 9.17) is 0 Å². The molecule has 0 amide bonds. The molecule has 0 unspecified atom stereocenters. The SMILES string of the molecule is c1ccc(Cc2ccc(Cc3cccc(-c4ccc5c(c4)CC5)c3)cc2)cc1. The van der Waals surface area contributed by atoms with Gasteiger partial charge in [-0.15, -0.1) is 0 Å². The minimum atomic E-state index is 0.977. The molecule has 28 heavy (non-hydrogen) atoms. The molecule has 0 nitrogen and oxygen atoms in total. The van der Waals surface area contributed by atoms with E-state index in [1.807, 2.05) is 0 Å². The summed E-state index contributed by atoms with van der Waals surface area (Å²) in [5.41, 5.74) is 11.2. The van der Waals surface area contributed by atoms with Gasteiger partial charge in [0.15, 0.2) is 0 Å². The van der Waals surface area contributed by atoms with Crippen LogP contribution in [0.25, 0.3) is 11.1 Å². The second kappa shape index (κ2) is 7.48. The Bertz CT molecular complexity index is 1090. The minimum absolute atomic E-state index is 0.977. The van der Waals surface area contributed by atoms with Crippen molar-refractivity contribution in [3.05, 3.63) is 130 Å². The lowest BCUT2D eigenvalue weighted by Gasteiger charge is -2.19. The summed E-state index contributed by atoms with van der Waals surface area (Å²) in [6.07, 6.45) is 4.45. The fourth-order valence-corrected chi connectivity index (χ4v) is 4.08. The van der Waals surface area contributed by atoms with Gasteiger partial charge in [0.1, 0.15) is 0 Å². The van der Waals surface area contributed by atoms with Gasteiger partial charge in [0.25, 0.3) is 0 Å². The molecule has 1 aliphatic rings. The van der Waals surface area contributed by atoms with E-state index in [2.05, 4.69) is 97.1 Å². The molecular formula is C28H24. The lowest BCUT2D eigenvalue weighted by atomic mass is 9.86. The van der Waals surface area contributed by atoms with Crippen LogP contribution < -0.4 is 0 Å². The zero-order valence-electron chi connectivity index (χ0n) is 16.1. The highest BCUT2D eigenvalue weighted by Crippen LogP contribution is 2.29. The average molecular weight is 361 g/mol. The van der Waals surface area contributed by atoms with Crippen LogP contribution in [0.1, 0.15) is 33.4 Å². The van der Waals surface area contributed by atoms with Crippen molar-refractivity contribution in [3.8, 4) is 11.1 Å². The summed E-state index contributed by atoms with van der Waals surface area (Å²) in [5, 5.41) is 0. The number of hydrogen-bond acceptors (Lipinski definition) is 0. The van der Waals surface area contributed by atoms with Gasteiger partial charge in [0, 0.05) is 0 Å². The van der Waals surface area contributed by atoms with Crippen molar-refractivity contribution in [1.82, 2.24) is 0 Å². The molecule has 1 aliphatic carbocycles. The molecule has 0 radical (unpaired) electrons. The maximum atomic E-state index is 2.37. The molecule has 0 N–H and O–H groups in total. The molecule has 0 spiro atoms. The Kier molecular flexibility index (Phi) is 4.54. The van der Waals surface area contributed by atoms with Crippen LogP contribution in [0, 0.1) is 0 Å². The van der Waals surface area contributed by atoms with E-state index >= 15 is 0 Å². The summed E-state index contributed by atoms with van der Waals surface area (Å²) in [4.78, 5) is 0. The molecule has 136 valence electrons. The van der Waals surface area contributed by atoms with E-state index in [1.54, 1.807) is 0 Å². The molecule has 0 heterocycles. The quantitative estimate of drug-likeness (QED) is 0.374. The van der Waals surface area contributed by atoms with Crippen molar-refractivity contribution in [2.75, 3.05) is 0 Å². The molecule has 0 heteroatoms. The van der Waals surface area contributed by atoms with Crippen molar-refractivity contribution in [1.29, 1.82) is 0 Å². The fourth-order valence-electron chi connectivity index (χ4n) is 4.08. The van der Waals surface area contributed by atoms with Gasteiger partial charge in [-0.2, -0.15) is 0 Å². The number of aryl methyl sites for hydroxylation is 2. The topological polar surface area (TPSA) is 0 Å². The molecule has 0 aromatic heterocycles. The molecule has 0 aliphatic heterocycles. The fraction of sp³-hybridized carbons (Fsp3) is 0.143. The van der Waals surface area contributed by atoms with E-state index in [0.717, 1.165) is 12.8 Å². The van der Waals surface area contributed by atoms with E-state index in [-0.39, 0.29) is 0 Å². The van der Waals surface area contributed by atoms with Gasteiger partial charge in [-0.05, 0) is 70.2 Å². The van der Waals surface area contributed by atoms with Crippen LogP contribution >= 0.6 is 0 Å². The summed E-state index contributed by atoms with van der Waals surface area (Å²) >= 11 is 0. The summed E-state index contributed by atoms with van der Waals surface area (Å²) in [5.74, 6) is 0. The maximum Gasteiger partial charge on any atom is -0.00256 e. The predicted molar refractivity (Wildman–Crippen MR) is 118 cm³/mol. The molecule has 0 saturated heterocycles. The first-order valence-electron chi connectivity index (χ1n) is 10.2. The zero-order chi connectivity index (χ0) is 18.8. The Hall–Kier alpha value is -3.12. The van der Waals surface area contributed by atoms with Crippen molar-refractivity contribution in [3.63, 3.8) is 0 Å². The Morgan fingerprint density at radius 1 is 0.429 bits per heavy atom. The third kappa shape index (κ3) is 3.64. The molecule has 5 rings (SSSR count). The van der Waals surface area contributed by atoms with Gasteiger partial charge in [0.2, 0.25) is 0 Å². The average Bonchev–Trinajstić information content (AvgIpc) is 2.71. The molecular weight excluding hydrogens is 336 g/mol. The number of benzene rings is 4. The molecule has 4 aromatic rings. The Balaban J connectivity index is 1.31. The number of hydrogen-bond donors (Lipinski definition) is 0. The Morgan fingerprint density at radius 2 is 1.04 bits per heavy atom. The summed E-state index contributed by atoms with van der Waals surface area (Å²) in [6.45, 7) is 0. The van der Waals surface area contributed by atoms with Gasteiger partial charge < -0.3 is 0 Å². The highest BCUT2D eigenvalue weighted by molar-refractivity contribution is 5.66. The lowest BCUT2D eigenvalue weighted by molar-refractivity contribution is 0.840. The maximum absolute atomic E-state index is 2.37. The van der Waals surface area contributed by atoms with Crippen LogP contribution in [0.5, 0.6) is 0 Å². The number of rotatable bonds is 5. The van der Waals surface area contributed by atoms with Crippen LogP contribution in [-0.4, -0.2) is 0 Å². The van der Waals surface area contributed by atoms with E-state index < -0.39 is 0 Å². The van der Waals surface area contributed by atoms with Crippen molar-refractivity contribution < 1.29 is 0 Å². The monoisotopic (exact) mass is 360 g/mol. The summed E-state index contributed by atoms with van der Waals surface area (Å²) in [6, 6.07) is 35.7. The highest BCUT2D eigenvalue weighted by atomic mass is 14.2. The largest absolute Gasteiger partial charge is 0.0622 e. The predicted octanol–water partition coefficient (Wildman–Crippen LogP) is 6.63. The first-order chi connectivity index (χ1) is 13.8. The van der Waals surface area contributed by atoms with Gasteiger partial charge in [-0.1, -0.05) is 97.1 Å². The van der Waals surface area contributed by atoms with Crippen LogP contribution in [0.15, 0.2) is 97.1 Å². The van der Waals surface area contributed by atoms with Crippen LogP contribution in [0.4, 0.5) is 0 Å². The van der Waals surface area contributed by atoms with Gasteiger partial charge >= 0.3 is 0 Å². The smallest absolute Gasteiger partial charge is 0.00256 e. The van der Waals surface area contributed by atoms with Crippen molar-refractivity contribution in [2.45, 2.75) is 25.7 Å². The van der Waals surface area contributed by atoms with Crippen molar-refractivity contribution in [2.24, 2.45) is 0 Å². The van der Waals surface area contributed by atoms with Crippen LogP contribution in [-0.2, 0) is 25.7 Å². The van der Waals surface area contributed by atoms with E-state index in [0.29, 0.717) is 0 Å². The Morgan fingerprint density at radius 3 is 1.71 bits per heavy atom. The Labute approximate surface area is 167 Å². The van der Waals surface area contributed by atoms with E-state index in [1.165, 1.54) is 57.3 Å². The first-order valence-corrected chi connectivity index (χ1v) is 10.2. The lowest BCUT2D eigenvalue weighted by Crippen LogP contribution is -2.07. The van der Waals surface area contributed by atoms with Gasteiger partial charge in [-0.25, -0.2) is 0 Å². The van der Waals surface area contributed by atoms with Gasteiger partial charge in [-0.3, -0.25) is 0 Å². The van der Waals surface area contributed by atoms with Crippen LogP contribution in [0.3, 0.4) is 0 Å². The van der Waals surface area contributed by atoms with Crippen LogP contribution in [0.2, 0.25) is 0 Å². The summed E-state index contributed by atoms with van der Waals surface area (Å²) in [7, 11) is 0. The second-order valence-electron chi connectivity index (χ2n) is 7.84. The molecule has 0 fully saturated rings.